The molecule has 0 atom stereocenters. The second-order valence-corrected chi connectivity index (χ2v) is 9.21. The van der Waals surface area contributed by atoms with E-state index in [9.17, 15) is 13.2 Å². The second kappa shape index (κ2) is 7.98. The van der Waals surface area contributed by atoms with Gasteiger partial charge in [0.2, 0.25) is 10.0 Å². The number of carbonyl (C=O) groups is 1. The molecule has 1 N–H and O–H groups in total. The molecule has 9 heteroatoms. The van der Waals surface area contributed by atoms with E-state index in [1.165, 1.54) is 28.6 Å². The zero-order chi connectivity index (χ0) is 19.6. The van der Waals surface area contributed by atoms with Gasteiger partial charge < -0.3 is 5.32 Å². The van der Waals surface area contributed by atoms with Crippen molar-refractivity contribution >= 4 is 49.1 Å². The Morgan fingerprint density at radius 2 is 1.89 bits per heavy atom. The van der Waals surface area contributed by atoms with E-state index in [4.69, 9.17) is 16.9 Å². The van der Waals surface area contributed by atoms with E-state index < -0.39 is 15.9 Å². The minimum atomic E-state index is -3.62. The van der Waals surface area contributed by atoms with E-state index in [0.29, 0.717) is 28.8 Å². The molecular formula is C18H15BrClN3O3S. The first-order valence-corrected chi connectivity index (χ1v) is 10.7. The van der Waals surface area contributed by atoms with Crippen LogP contribution >= 0.6 is 27.5 Å². The van der Waals surface area contributed by atoms with Gasteiger partial charge in [0, 0.05) is 23.2 Å². The molecule has 1 amide bonds. The fourth-order valence-electron chi connectivity index (χ4n) is 2.80. The Labute approximate surface area is 170 Å². The van der Waals surface area contributed by atoms with Gasteiger partial charge in [-0.1, -0.05) is 11.6 Å². The van der Waals surface area contributed by atoms with Gasteiger partial charge >= 0.3 is 0 Å². The van der Waals surface area contributed by atoms with E-state index in [1.54, 1.807) is 12.1 Å². The van der Waals surface area contributed by atoms with Gasteiger partial charge in [-0.05, 0) is 65.2 Å². The van der Waals surface area contributed by atoms with Crippen LogP contribution in [0.2, 0.25) is 5.02 Å². The number of amides is 1. The average Bonchev–Trinajstić information content (AvgIpc) is 3.17. The van der Waals surface area contributed by atoms with Crippen LogP contribution in [0.4, 0.5) is 5.69 Å². The Hall–Kier alpha value is -1.92. The van der Waals surface area contributed by atoms with Crippen LogP contribution in [0.15, 0.2) is 45.8 Å². The van der Waals surface area contributed by atoms with E-state index in [-0.39, 0.29) is 15.5 Å². The molecule has 0 aromatic heterocycles. The van der Waals surface area contributed by atoms with E-state index in [0.717, 1.165) is 12.8 Å². The first kappa shape index (κ1) is 19.8. The number of anilines is 1. The van der Waals surface area contributed by atoms with E-state index >= 15 is 0 Å². The number of halogens is 2. The minimum Gasteiger partial charge on any atom is -0.322 e. The van der Waals surface area contributed by atoms with Gasteiger partial charge in [0.15, 0.2) is 0 Å². The van der Waals surface area contributed by atoms with E-state index in [1.807, 2.05) is 6.07 Å². The zero-order valence-corrected chi connectivity index (χ0v) is 17.2. The number of nitrogens with zero attached hydrogens (tertiary/aromatic N) is 2. The van der Waals surface area contributed by atoms with Gasteiger partial charge in [0.25, 0.3) is 5.91 Å². The highest BCUT2D eigenvalue weighted by Gasteiger charge is 2.28. The van der Waals surface area contributed by atoms with Crippen LogP contribution in [0.5, 0.6) is 0 Å². The smallest absolute Gasteiger partial charge is 0.256 e. The van der Waals surface area contributed by atoms with E-state index in [2.05, 4.69) is 21.2 Å². The molecular weight excluding hydrogens is 454 g/mol. The molecule has 2 aromatic rings. The first-order valence-electron chi connectivity index (χ1n) is 8.13. The number of nitrogens with one attached hydrogen (secondary N) is 1. The van der Waals surface area contributed by atoms with Crippen molar-refractivity contribution in [2.75, 3.05) is 18.4 Å². The van der Waals surface area contributed by atoms with Crippen molar-refractivity contribution in [3.05, 3.63) is 57.0 Å². The maximum absolute atomic E-state index is 12.7. The summed E-state index contributed by atoms with van der Waals surface area (Å²) < 4.78 is 27.4. The van der Waals surface area contributed by atoms with Gasteiger partial charge in [0.05, 0.1) is 21.0 Å². The number of hydrogen-bond donors (Lipinski definition) is 1. The Morgan fingerprint density at radius 3 is 2.52 bits per heavy atom. The Balaban J connectivity index is 1.89. The summed E-state index contributed by atoms with van der Waals surface area (Å²) in [5.41, 5.74) is 0.897. The lowest BCUT2D eigenvalue weighted by molar-refractivity contribution is 0.102. The summed E-state index contributed by atoms with van der Waals surface area (Å²) in [4.78, 5) is 12.7. The van der Waals surface area contributed by atoms with Crippen molar-refractivity contribution in [3.8, 4) is 6.07 Å². The molecule has 0 radical (unpaired) electrons. The lowest BCUT2D eigenvalue weighted by Gasteiger charge is -2.16. The molecule has 3 rings (SSSR count). The lowest BCUT2D eigenvalue weighted by atomic mass is 10.2. The van der Waals surface area contributed by atoms with Crippen LogP contribution in [0.25, 0.3) is 0 Å². The fraction of sp³-hybridized carbons (Fsp3) is 0.222. The number of benzene rings is 2. The van der Waals surface area contributed by atoms with Crippen LogP contribution in [0.1, 0.15) is 28.8 Å². The molecule has 0 unspecified atom stereocenters. The van der Waals surface area contributed by atoms with Crippen molar-refractivity contribution in [1.82, 2.24) is 4.31 Å². The summed E-state index contributed by atoms with van der Waals surface area (Å²) in [6.07, 6.45) is 1.67. The van der Waals surface area contributed by atoms with Gasteiger partial charge in [-0.2, -0.15) is 9.57 Å². The number of carbonyl (C=O) groups excluding carboxylic acids is 1. The molecule has 1 aliphatic heterocycles. The van der Waals surface area contributed by atoms with Crippen LogP contribution in [0.3, 0.4) is 0 Å². The Morgan fingerprint density at radius 1 is 1.19 bits per heavy atom. The standard InChI is InChI=1S/C18H15BrClN3O3S/c19-16-6-5-14(27(25,26)23-7-1-2-8-23)10-15(16)18(24)22-13-4-3-12(11-21)17(20)9-13/h3-6,9-10H,1-2,7-8H2,(H,22,24). The second-order valence-electron chi connectivity index (χ2n) is 6.01. The van der Waals surface area contributed by atoms with Crippen molar-refractivity contribution < 1.29 is 13.2 Å². The van der Waals surface area contributed by atoms with Crippen molar-refractivity contribution in [1.29, 1.82) is 5.26 Å². The zero-order valence-electron chi connectivity index (χ0n) is 14.1. The van der Waals surface area contributed by atoms with Crippen molar-refractivity contribution in [2.45, 2.75) is 17.7 Å². The number of sulfonamides is 1. The molecule has 140 valence electrons. The first-order chi connectivity index (χ1) is 12.8. The molecule has 1 aliphatic rings. The molecule has 0 saturated carbocycles. The Kier molecular flexibility index (Phi) is 5.86. The molecule has 6 nitrogen and oxygen atoms in total. The Bertz CT molecular complexity index is 1040. The summed E-state index contributed by atoms with van der Waals surface area (Å²) >= 11 is 9.27. The van der Waals surface area contributed by atoms with Gasteiger partial charge in [0.1, 0.15) is 6.07 Å². The maximum Gasteiger partial charge on any atom is 0.256 e. The van der Waals surface area contributed by atoms with Crippen LogP contribution < -0.4 is 5.32 Å². The highest BCUT2D eigenvalue weighted by molar-refractivity contribution is 9.10. The SMILES string of the molecule is N#Cc1ccc(NC(=O)c2cc(S(=O)(=O)N3CCCC3)ccc2Br)cc1Cl. The monoisotopic (exact) mass is 467 g/mol. The quantitative estimate of drug-likeness (QED) is 0.734. The average molecular weight is 469 g/mol. The minimum absolute atomic E-state index is 0.0793. The molecule has 1 heterocycles. The third kappa shape index (κ3) is 4.17. The molecule has 0 aliphatic carbocycles. The normalized spacial score (nSPS) is 14.7. The highest BCUT2D eigenvalue weighted by Crippen LogP contribution is 2.27. The lowest BCUT2D eigenvalue weighted by Crippen LogP contribution is -2.28. The predicted octanol–water partition coefficient (Wildman–Crippen LogP) is 4.01. The predicted molar refractivity (Wildman–Crippen MR) is 106 cm³/mol. The summed E-state index contributed by atoms with van der Waals surface area (Å²) in [6.45, 7) is 0.979. The van der Waals surface area contributed by atoms with Crippen molar-refractivity contribution in [2.24, 2.45) is 0 Å². The summed E-state index contributed by atoms with van der Waals surface area (Å²) in [7, 11) is -3.62. The fourth-order valence-corrected chi connectivity index (χ4v) is 4.99. The molecule has 0 bridgehead atoms. The topological polar surface area (TPSA) is 90.3 Å². The van der Waals surface area contributed by atoms with Gasteiger partial charge in [-0.25, -0.2) is 8.42 Å². The molecule has 2 aromatic carbocycles. The van der Waals surface area contributed by atoms with Crippen LogP contribution in [0, 0.1) is 11.3 Å². The summed E-state index contributed by atoms with van der Waals surface area (Å²) in [5.74, 6) is -0.485. The molecule has 27 heavy (non-hydrogen) atoms. The van der Waals surface area contributed by atoms with Crippen molar-refractivity contribution in [3.63, 3.8) is 0 Å². The maximum atomic E-state index is 12.7. The van der Waals surface area contributed by atoms with Crippen LogP contribution in [-0.4, -0.2) is 31.7 Å². The summed E-state index contributed by atoms with van der Waals surface area (Å²) in [6, 6.07) is 10.9. The molecule has 1 fully saturated rings. The number of nitriles is 1. The highest BCUT2D eigenvalue weighted by atomic mass is 79.9. The number of rotatable bonds is 4. The third-order valence-corrected chi connectivity index (χ3v) is 7.13. The largest absolute Gasteiger partial charge is 0.322 e. The van der Waals surface area contributed by atoms with Gasteiger partial charge in [-0.3, -0.25) is 4.79 Å². The van der Waals surface area contributed by atoms with Gasteiger partial charge in [-0.15, -0.1) is 0 Å². The summed E-state index contributed by atoms with van der Waals surface area (Å²) in [5, 5.41) is 11.8. The number of hydrogen-bond acceptors (Lipinski definition) is 4. The third-order valence-electron chi connectivity index (χ3n) is 4.23. The molecule has 0 spiro atoms. The molecule has 1 saturated heterocycles. The van der Waals surface area contributed by atoms with Crippen LogP contribution in [-0.2, 0) is 10.0 Å².